The van der Waals surface area contributed by atoms with E-state index in [1.165, 1.54) is 0 Å². The van der Waals surface area contributed by atoms with Crippen molar-refractivity contribution in [2.75, 3.05) is 18.1 Å². The van der Waals surface area contributed by atoms with Gasteiger partial charge in [0.05, 0.1) is 25.1 Å². The number of methoxy groups -OCH3 is 1. The van der Waals surface area contributed by atoms with Gasteiger partial charge in [0.15, 0.2) is 5.69 Å². The van der Waals surface area contributed by atoms with Crippen LogP contribution in [0.5, 0.6) is 5.75 Å². The number of benzene rings is 2. The van der Waals surface area contributed by atoms with Crippen molar-refractivity contribution < 1.29 is 17.9 Å². The SMILES string of the molecule is COc1ccc(-n2ccc(C(=O)NC(C)c3cccc(NS(C)(=O)=O)c3)n2)cc1. The van der Waals surface area contributed by atoms with Gasteiger partial charge in [0, 0.05) is 11.9 Å². The Hall–Kier alpha value is -3.33. The van der Waals surface area contributed by atoms with E-state index in [1.54, 1.807) is 42.3 Å². The molecule has 1 unspecified atom stereocenters. The number of carbonyl (C=O) groups is 1. The van der Waals surface area contributed by atoms with Gasteiger partial charge in [-0.3, -0.25) is 9.52 Å². The molecule has 2 N–H and O–H groups in total. The fourth-order valence-electron chi connectivity index (χ4n) is 2.76. The average molecular weight is 414 g/mol. The highest BCUT2D eigenvalue weighted by molar-refractivity contribution is 7.92. The number of carbonyl (C=O) groups excluding carboxylic acids is 1. The first-order chi connectivity index (χ1) is 13.7. The average Bonchev–Trinajstić information content (AvgIpc) is 3.17. The van der Waals surface area contributed by atoms with Gasteiger partial charge < -0.3 is 10.1 Å². The van der Waals surface area contributed by atoms with Gasteiger partial charge in [0.25, 0.3) is 5.91 Å². The molecule has 0 radical (unpaired) electrons. The zero-order valence-corrected chi connectivity index (χ0v) is 17.1. The van der Waals surface area contributed by atoms with E-state index in [9.17, 15) is 13.2 Å². The smallest absolute Gasteiger partial charge is 0.272 e. The Balaban J connectivity index is 1.70. The number of nitrogens with one attached hydrogen (secondary N) is 2. The van der Waals surface area contributed by atoms with Crippen LogP contribution >= 0.6 is 0 Å². The van der Waals surface area contributed by atoms with E-state index in [-0.39, 0.29) is 17.6 Å². The van der Waals surface area contributed by atoms with Gasteiger partial charge in [-0.15, -0.1) is 0 Å². The fraction of sp³-hybridized carbons (Fsp3) is 0.200. The second-order valence-corrected chi connectivity index (χ2v) is 8.29. The third-order valence-electron chi connectivity index (χ3n) is 4.20. The summed E-state index contributed by atoms with van der Waals surface area (Å²) in [5.41, 5.74) is 2.28. The van der Waals surface area contributed by atoms with Crippen molar-refractivity contribution in [2.45, 2.75) is 13.0 Å². The standard InChI is InChI=1S/C20H22N4O4S/c1-14(15-5-4-6-16(13-15)23-29(3,26)27)21-20(25)19-11-12-24(22-19)17-7-9-18(28-2)10-8-17/h4-14,23H,1-3H3,(H,21,25). The molecule has 3 aromatic rings. The molecule has 8 nitrogen and oxygen atoms in total. The molecular weight excluding hydrogens is 392 g/mol. The van der Waals surface area contributed by atoms with Crippen molar-refractivity contribution >= 4 is 21.6 Å². The molecule has 0 spiro atoms. The minimum Gasteiger partial charge on any atom is -0.497 e. The van der Waals surface area contributed by atoms with Crippen molar-refractivity contribution in [2.24, 2.45) is 0 Å². The van der Waals surface area contributed by atoms with Crippen LogP contribution in [0.25, 0.3) is 5.69 Å². The molecule has 2 aromatic carbocycles. The predicted octanol–water partition coefficient (Wildman–Crippen LogP) is 2.74. The molecule has 29 heavy (non-hydrogen) atoms. The summed E-state index contributed by atoms with van der Waals surface area (Å²) in [7, 11) is -1.78. The molecule has 0 fully saturated rings. The first-order valence-electron chi connectivity index (χ1n) is 8.84. The Morgan fingerprint density at radius 2 is 1.86 bits per heavy atom. The van der Waals surface area contributed by atoms with Gasteiger partial charge in [-0.2, -0.15) is 5.10 Å². The van der Waals surface area contributed by atoms with Gasteiger partial charge in [0.1, 0.15) is 5.75 Å². The molecule has 0 bridgehead atoms. The van der Waals surface area contributed by atoms with Crippen molar-refractivity contribution in [3.63, 3.8) is 0 Å². The number of sulfonamides is 1. The molecule has 1 heterocycles. The van der Waals surface area contributed by atoms with Crippen molar-refractivity contribution in [1.29, 1.82) is 0 Å². The van der Waals surface area contributed by atoms with E-state index in [4.69, 9.17) is 4.74 Å². The van der Waals surface area contributed by atoms with E-state index >= 15 is 0 Å². The van der Waals surface area contributed by atoms with Crippen molar-refractivity contribution in [3.05, 3.63) is 72.1 Å². The van der Waals surface area contributed by atoms with E-state index < -0.39 is 10.0 Å². The molecule has 0 aliphatic rings. The second kappa shape index (κ2) is 8.36. The lowest BCUT2D eigenvalue weighted by Gasteiger charge is -2.15. The molecule has 3 rings (SSSR count). The molecule has 1 atom stereocenters. The summed E-state index contributed by atoms with van der Waals surface area (Å²) in [5.74, 6) is 0.409. The number of hydrogen-bond donors (Lipinski definition) is 2. The lowest BCUT2D eigenvalue weighted by molar-refractivity contribution is 0.0934. The second-order valence-electron chi connectivity index (χ2n) is 6.54. The first-order valence-corrected chi connectivity index (χ1v) is 10.7. The Kier molecular flexibility index (Phi) is 5.88. The summed E-state index contributed by atoms with van der Waals surface area (Å²) in [6, 6.07) is 15.5. The molecule has 0 saturated heterocycles. The molecule has 0 aliphatic carbocycles. The van der Waals surface area contributed by atoms with Crippen LogP contribution in [-0.2, 0) is 10.0 Å². The maximum Gasteiger partial charge on any atom is 0.272 e. The third-order valence-corrected chi connectivity index (χ3v) is 4.80. The normalized spacial score (nSPS) is 12.2. The zero-order chi connectivity index (χ0) is 21.0. The summed E-state index contributed by atoms with van der Waals surface area (Å²) in [5, 5.41) is 7.19. The fourth-order valence-corrected chi connectivity index (χ4v) is 3.32. The van der Waals surface area contributed by atoms with Crippen LogP contribution in [0.4, 0.5) is 5.69 Å². The number of anilines is 1. The summed E-state index contributed by atoms with van der Waals surface area (Å²) < 4.78 is 32.0. The lowest BCUT2D eigenvalue weighted by atomic mass is 10.1. The number of amides is 1. The largest absolute Gasteiger partial charge is 0.497 e. The maximum atomic E-state index is 12.6. The number of nitrogens with zero attached hydrogens (tertiary/aromatic N) is 2. The van der Waals surface area contributed by atoms with Crippen LogP contribution < -0.4 is 14.8 Å². The topological polar surface area (TPSA) is 102 Å². The molecular formula is C20H22N4O4S. The van der Waals surface area contributed by atoms with Crippen LogP contribution in [0.1, 0.15) is 29.0 Å². The quantitative estimate of drug-likeness (QED) is 0.619. The summed E-state index contributed by atoms with van der Waals surface area (Å²) in [6.07, 6.45) is 2.79. The van der Waals surface area contributed by atoms with Crippen LogP contribution in [0.15, 0.2) is 60.8 Å². The summed E-state index contributed by atoms with van der Waals surface area (Å²) in [6.45, 7) is 1.82. The Bertz CT molecular complexity index is 1110. The third kappa shape index (κ3) is 5.35. The van der Waals surface area contributed by atoms with Gasteiger partial charge in [0.2, 0.25) is 10.0 Å². The highest BCUT2D eigenvalue weighted by Crippen LogP contribution is 2.19. The molecule has 0 saturated carbocycles. The van der Waals surface area contributed by atoms with Crippen LogP contribution in [0, 0.1) is 0 Å². The zero-order valence-electron chi connectivity index (χ0n) is 16.3. The minimum absolute atomic E-state index is 0.276. The highest BCUT2D eigenvalue weighted by Gasteiger charge is 2.15. The van der Waals surface area contributed by atoms with E-state index in [2.05, 4.69) is 15.1 Å². The number of ether oxygens (including phenoxy) is 1. The Labute approximate surface area is 169 Å². The van der Waals surface area contributed by atoms with Gasteiger partial charge in [-0.25, -0.2) is 13.1 Å². The summed E-state index contributed by atoms with van der Waals surface area (Å²) >= 11 is 0. The van der Waals surface area contributed by atoms with E-state index in [0.717, 1.165) is 23.3 Å². The summed E-state index contributed by atoms with van der Waals surface area (Å²) in [4.78, 5) is 12.6. The molecule has 1 amide bonds. The van der Waals surface area contributed by atoms with Gasteiger partial charge >= 0.3 is 0 Å². The number of rotatable bonds is 7. The number of aromatic nitrogens is 2. The molecule has 1 aromatic heterocycles. The van der Waals surface area contributed by atoms with Gasteiger partial charge in [-0.1, -0.05) is 12.1 Å². The Morgan fingerprint density at radius 1 is 1.14 bits per heavy atom. The van der Waals surface area contributed by atoms with Crippen molar-refractivity contribution in [1.82, 2.24) is 15.1 Å². The van der Waals surface area contributed by atoms with Crippen LogP contribution in [0.3, 0.4) is 0 Å². The van der Waals surface area contributed by atoms with E-state index in [1.807, 2.05) is 37.3 Å². The molecule has 9 heteroatoms. The minimum atomic E-state index is -3.37. The molecule has 0 aliphatic heterocycles. The number of hydrogen-bond acceptors (Lipinski definition) is 5. The lowest BCUT2D eigenvalue weighted by Crippen LogP contribution is -2.27. The van der Waals surface area contributed by atoms with Gasteiger partial charge in [-0.05, 0) is 55.0 Å². The predicted molar refractivity (Wildman–Crippen MR) is 111 cm³/mol. The molecule has 152 valence electrons. The van der Waals surface area contributed by atoms with Crippen molar-refractivity contribution in [3.8, 4) is 11.4 Å². The van der Waals surface area contributed by atoms with Crippen LogP contribution in [0.2, 0.25) is 0 Å². The van der Waals surface area contributed by atoms with E-state index in [0.29, 0.717) is 5.69 Å². The first kappa shape index (κ1) is 20.4. The highest BCUT2D eigenvalue weighted by atomic mass is 32.2. The maximum absolute atomic E-state index is 12.6. The Morgan fingerprint density at radius 3 is 2.52 bits per heavy atom. The monoisotopic (exact) mass is 414 g/mol. The van der Waals surface area contributed by atoms with Crippen LogP contribution in [-0.4, -0.2) is 37.5 Å².